The molecule has 0 fully saturated rings. The second kappa shape index (κ2) is 5.33. The van der Waals surface area contributed by atoms with Crippen LogP contribution in [0.1, 0.15) is 47.5 Å². The minimum atomic E-state index is 0.191. The van der Waals surface area contributed by atoms with E-state index in [2.05, 4.69) is 46.0 Å². The number of nitrogens with one attached hydrogen (secondary N) is 1. The molecule has 0 aromatic heterocycles. The monoisotopic (exact) mass is 225 g/mol. The van der Waals surface area contributed by atoms with Crippen LogP contribution < -0.4 is 5.32 Å². The normalized spacial score (nSPS) is 18.4. The zero-order chi connectivity index (χ0) is 12.2. The Bertz CT molecular complexity index is 248. The molecule has 2 heteroatoms. The molecule has 0 spiro atoms. The largest absolute Gasteiger partial charge is 0.377 e. The Labute approximate surface area is 100 Å². The molecular formula is C14H27NO. The van der Waals surface area contributed by atoms with Crippen molar-refractivity contribution in [3.8, 4) is 0 Å². The Kier molecular flexibility index (Phi) is 4.57. The molecule has 0 aliphatic carbocycles. The minimum absolute atomic E-state index is 0.191. The summed E-state index contributed by atoms with van der Waals surface area (Å²) >= 11 is 0. The molecule has 1 rings (SSSR count). The highest BCUT2D eigenvalue weighted by atomic mass is 16.5. The van der Waals surface area contributed by atoms with Gasteiger partial charge in [0.2, 0.25) is 0 Å². The van der Waals surface area contributed by atoms with Crippen LogP contribution in [0.5, 0.6) is 0 Å². The summed E-state index contributed by atoms with van der Waals surface area (Å²) in [6, 6.07) is 0. The lowest BCUT2D eigenvalue weighted by Gasteiger charge is -2.34. The summed E-state index contributed by atoms with van der Waals surface area (Å²) < 4.78 is 5.44. The zero-order valence-electron chi connectivity index (χ0n) is 11.5. The van der Waals surface area contributed by atoms with Gasteiger partial charge in [0.05, 0.1) is 13.2 Å². The first-order valence-electron chi connectivity index (χ1n) is 6.29. The van der Waals surface area contributed by atoms with Crippen molar-refractivity contribution in [3.05, 3.63) is 11.6 Å². The molecule has 0 amide bonds. The van der Waals surface area contributed by atoms with E-state index >= 15 is 0 Å². The smallest absolute Gasteiger partial charge is 0.0689 e. The van der Waals surface area contributed by atoms with Crippen molar-refractivity contribution in [3.63, 3.8) is 0 Å². The predicted octanol–water partition coefficient (Wildman–Crippen LogP) is 3.14. The van der Waals surface area contributed by atoms with Crippen molar-refractivity contribution in [2.45, 2.75) is 53.0 Å². The van der Waals surface area contributed by atoms with Gasteiger partial charge in [0.1, 0.15) is 0 Å². The first kappa shape index (κ1) is 13.7. The SMILES string of the molecule is CC(C)(C)CC(C)(C)NCC1=CCCOC1. The van der Waals surface area contributed by atoms with Gasteiger partial charge in [-0.3, -0.25) is 0 Å². The number of hydrogen-bond donors (Lipinski definition) is 1. The molecule has 0 atom stereocenters. The Hall–Kier alpha value is -0.340. The van der Waals surface area contributed by atoms with E-state index in [9.17, 15) is 0 Å². The second-order valence-corrected chi connectivity index (χ2v) is 6.68. The average Bonchev–Trinajstić information content (AvgIpc) is 2.13. The maximum atomic E-state index is 5.44. The fourth-order valence-electron chi connectivity index (χ4n) is 2.47. The molecule has 2 nitrogen and oxygen atoms in total. The van der Waals surface area contributed by atoms with E-state index in [0.29, 0.717) is 5.41 Å². The van der Waals surface area contributed by atoms with Gasteiger partial charge in [0.15, 0.2) is 0 Å². The van der Waals surface area contributed by atoms with Crippen LogP contribution in [0.15, 0.2) is 11.6 Å². The van der Waals surface area contributed by atoms with Gasteiger partial charge in [-0.05, 0) is 37.7 Å². The summed E-state index contributed by atoms with van der Waals surface area (Å²) in [5.41, 5.74) is 1.96. The van der Waals surface area contributed by atoms with Crippen LogP contribution in [0.2, 0.25) is 0 Å². The molecular weight excluding hydrogens is 198 g/mol. The van der Waals surface area contributed by atoms with Crippen LogP contribution in [0.25, 0.3) is 0 Å². The van der Waals surface area contributed by atoms with Gasteiger partial charge in [0, 0.05) is 12.1 Å². The first-order chi connectivity index (χ1) is 7.29. The fraction of sp³-hybridized carbons (Fsp3) is 0.857. The van der Waals surface area contributed by atoms with E-state index in [-0.39, 0.29) is 5.54 Å². The zero-order valence-corrected chi connectivity index (χ0v) is 11.5. The third-order valence-corrected chi connectivity index (χ3v) is 2.75. The molecule has 94 valence electrons. The molecule has 1 heterocycles. The summed E-state index contributed by atoms with van der Waals surface area (Å²) in [5.74, 6) is 0. The highest BCUT2D eigenvalue weighted by molar-refractivity contribution is 5.07. The van der Waals surface area contributed by atoms with E-state index in [1.54, 1.807) is 0 Å². The van der Waals surface area contributed by atoms with E-state index < -0.39 is 0 Å². The number of ether oxygens (including phenoxy) is 1. The summed E-state index contributed by atoms with van der Waals surface area (Å²) in [7, 11) is 0. The Morgan fingerprint density at radius 2 is 1.94 bits per heavy atom. The summed E-state index contributed by atoms with van der Waals surface area (Å²) in [6.07, 6.45) is 4.55. The standard InChI is InChI=1S/C14H27NO/c1-13(2,3)11-14(4,5)15-9-12-7-6-8-16-10-12/h7,15H,6,8-11H2,1-5H3. The Morgan fingerprint density at radius 1 is 1.25 bits per heavy atom. The van der Waals surface area contributed by atoms with Crippen molar-refractivity contribution in [1.82, 2.24) is 5.32 Å². The minimum Gasteiger partial charge on any atom is -0.377 e. The van der Waals surface area contributed by atoms with Crippen LogP contribution >= 0.6 is 0 Å². The van der Waals surface area contributed by atoms with Crippen LogP contribution in [0.3, 0.4) is 0 Å². The second-order valence-electron chi connectivity index (χ2n) is 6.68. The molecule has 0 radical (unpaired) electrons. The van der Waals surface area contributed by atoms with Gasteiger partial charge < -0.3 is 10.1 Å². The maximum absolute atomic E-state index is 5.44. The molecule has 0 aromatic carbocycles. The van der Waals surface area contributed by atoms with Crippen LogP contribution in [-0.4, -0.2) is 25.3 Å². The summed E-state index contributed by atoms with van der Waals surface area (Å²) in [5, 5.41) is 3.64. The molecule has 1 aliphatic heterocycles. The van der Waals surface area contributed by atoms with Gasteiger partial charge in [-0.2, -0.15) is 0 Å². The summed E-state index contributed by atoms with van der Waals surface area (Å²) in [6.45, 7) is 14.1. The molecule has 0 saturated heterocycles. The predicted molar refractivity (Wildman–Crippen MR) is 69.7 cm³/mol. The van der Waals surface area contributed by atoms with Crippen molar-refractivity contribution in [2.24, 2.45) is 5.41 Å². The van der Waals surface area contributed by atoms with Crippen LogP contribution in [-0.2, 0) is 4.74 Å². The third-order valence-electron chi connectivity index (χ3n) is 2.75. The molecule has 16 heavy (non-hydrogen) atoms. The topological polar surface area (TPSA) is 21.3 Å². The van der Waals surface area contributed by atoms with Gasteiger partial charge in [-0.25, -0.2) is 0 Å². The Balaban J connectivity index is 2.38. The molecule has 1 aliphatic rings. The Morgan fingerprint density at radius 3 is 2.44 bits per heavy atom. The van der Waals surface area contributed by atoms with Gasteiger partial charge in [-0.1, -0.05) is 26.8 Å². The van der Waals surface area contributed by atoms with Crippen LogP contribution in [0, 0.1) is 5.41 Å². The molecule has 0 aromatic rings. The quantitative estimate of drug-likeness (QED) is 0.742. The number of hydrogen-bond acceptors (Lipinski definition) is 2. The third kappa shape index (κ3) is 5.66. The average molecular weight is 225 g/mol. The lowest BCUT2D eigenvalue weighted by molar-refractivity contribution is 0.146. The van der Waals surface area contributed by atoms with E-state index in [1.807, 2.05) is 0 Å². The van der Waals surface area contributed by atoms with E-state index in [1.165, 1.54) is 12.0 Å². The van der Waals surface area contributed by atoms with Crippen molar-refractivity contribution in [2.75, 3.05) is 19.8 Å². The molecule has 1 N–H and O–H groups in total. The highest BCUT2D eigenvalue weighted by Crippen LogP contribution is 2.26. The maximum Gasteiger partial charge on any atom is 0.0689 e. The van der Waals surface area contributed by atoms with E-state index in [0.717, 1.165) is 26.2 Å². The van der Waals surface area contributed by atoms with Gasteiger partial charge >= 0.3 is 0 Å². The molecule has 0 unspecified atom stereocenters. The highest BCUT2D eigenvalue weighted by Gasteiger charge is 2.24. The fourth-order valence-corrected chi connectivity index (χ4v) is 2.47. The lowest BCUT2D eigenvalue weighted by atomic mass is 9.81. The first-order valence-corrected chi connectivity index (χ1v) is 6.29. The molecule has 0 saturated carbocycles. The summed E-state index contributed by atoms with van der Waals surface area (Å²) in [4.78, 5) is 0. The van der Waals surface area contributed by atoms with Crippen LogP contribution in [0.4, 0.5) is 0 Å². The van der Waals surface area contributed by atoms with Crippen molar-refractivity contribution < 1.29 is 4.74 Å². The number of rotatable bonds is 4. The van der Waals surface area contributed by atoms with Gasteiger partial charge in [0.25, 0.3) is 0 Å². The van der Waals surface area contributed by atoms with Gasteiger partial charge in [-0.15, -0.1) is 0 Å². The van der Waals surface area contributed by atoms with Crippen molar-refractivity contribution >= 4 is 0 Å². The molecule has 0 bridgehead atoms. The van der Waals surface area contributed by atoms with E-state index in [4.69, 9.17) is 4.74 Å². The lowest BCUT2D eigenvalue weighted by Crippen LogP contribution is -2.43. The van der Waals surface area contributed by atoms with Crippen molar-refractivity contribution in [1.29, 1.82) is 0 Å².